The van der Waals surface area contributed by atoms with Crippen molar-refractivity contribution in [1.29, 1.82) is 0 Å². The van der Waals surface area contributed by atoms with Gasteiger partial charge in [0.05, 0.1) is 0 Å². The molecule has 1 aromatic carbocycles. The summed E-state index contributed by atoms with van der Waals surface area (Å²) < 4.78 is 1.96. The molecule has 0 fully saturated rings. The molecule has 90 valence electrons. The Balaban J connectivity index is 2.47. The van der Waals surface area contributed by atoms with Crippen molar-refractivity contribution < 1.29 is 15.6 Å². The summed E-state index contributed by atoms with van der Waals surface area (Å²) in [5.41, 5.74) is 10.9. The molecule has 0 saturated heterocycles. The predicted molar refractivity (Wildman–Crippen MR) is 64.2 cm³/mol. The van der Waals surface area contributed by atoms with Crippen LogP contribution in [-0.4, -0.2) is 21.6 Å². The second-order valence-corrected chi connectivity index (χ2v) is 4.27. The van der Waals surface area contributed by atoms with Gasteiger partial charge in [-0.25, -0.2) is 0 Å². The van der Waals surface area contributed by atoms with E-state index in [1.54, 1.807) is 12.1 Å². The lowest BCUT2D eigenvalue weighted by atomic mass is 10.1. The van der Waals surface area contributed by atoms with E-state index >= 15 is 0 Å². The molecule has 1 aromatic heterocycles. The molecule has 0 bridgehead atoms. The van der Waals surface area contributed by atoms with E-state index in [0.717, 1.165) is 16.5 Å². The summed E-state index contributed by atoms with van der Waals surface area (Å²) in [6, 6.07) is 4.72. The van der Waals surface area contributed by atoms with Crippen LogP contribution in [0.3, 0.4) is 0 Å². The number of amides is 1. The molecule has 6 N–H and O–H groups in total. The molecule has 1 heterocycles. The normalized spacial score (nSPS) is 12.8. The first-order chi connectivity index (χ1) is 7.99. The van der Waals surface area contributed by atoms with Crippen LogP contribution in [0.2, 0.25) is 0 Å². The summed E-state index contributed by atoms with van der Waals surface area (Å²) in [5.74, 6) is -0.202. The van der Waals surface area contributed by atoms with Crippen molar-refractivity contribution in [3.63, 3.8) is 0 Å². The molecule has 0 spiro atoms. The molecule has 0 aliphatic rings. The minimum Gasteiger partial charge on any atom is -0.508 e. The number of nitrogens with zero attached hydrogens (tertiary/aromatic N) is 1. The highest BCUT2D eigenvalue weighted by atomic mass is 16.3. The molecule has 0 aliphatic heterocycles. The third-order valence-corrected chi connectivity index (χ3v) is 2.92. The van der Waals surface area contributed by atoms with Gasteiger partial charge in [0.1, 0.15) is 5.75 Å². The van der Waals surface area contributed by atoms with Gasteiger partial charge in [-0.05, 0) is 23.8 Å². The molecule has 1 atom stereocenters. The SMILES string of the molecule is Cn1cc(C[C@H]([NH3+])C(N)=O)c2cc(O)ccc21. The molecule has 0 saturated carbocycles. The van der Waals surface area contributed by atoms with Crippen molar-refractivity contribution in [2.45, 2.75) is 12.5 Å². The van der Waals surface area contributed by atoms with E-state index in [9.17, 15) is 9.90 Å². The Morgan fingerprint density at radius 3 is 2.94 bits per heavy atom. The number of carbonyl (C=O) groups is 1. The van der Waals surface area contributed by atoms with Gasteiger partial charge in [-0.1, -0.05) is 0 Å². The molecule has 5 nitrogen and oxygen atoms in total. The zero-order valence-electron chi connectivity index (χ0n) is 9.68. The summed E-state index contributed by atoms with van der Waals surface area (Å²) in [5, 5.41) is 10.4. The first-order valence-electron chi connectivity index (χ1n) is 5.38. The molecule has 0 radical (unpaired) electrons. The minimum atomic E-state index is -0.456. The van der Waals surface area contributed by atoms with Crippen molar-refractivity contribution in [2.75, 3.05) is 0 Å². The number of benzene rings is 1. The Bertz CT molecular complexity index is 574. The van der Waals surface area contributed by atoms with Gasteiger partial charge < -0.3 is 21.1 Å². The number of phenolic OH excluding ortho intramolecular Hbond substituents is 1. The molecular weight excluding hydrogens is 218 g/mol. The summed E-state index contributed by atoms with van der Waals surface area (Å²) in [7, 11) is 1.92. The summed E-state index contributed by atoms with van der Waals surface area (Å²) >= 11 is 0. The number of nitrogens with two attached hydrogens (primary N) is 1. The van der Waals surface area contributed by atoms with E-state index in [-0.39, 0.29) is 5.75 Å². The predicted octanol–water partition coefficient (Wildman–Crippen LogP) is -0.478. The molecule has 17 heavy (non-hydrogen) atoms. The molecule has 1 amide bonds. The fraction of sp³-hybridized carbons (Fsp3) is 0.250. The van der Waals surface area contributed by atoms with E-state index in [2.05, 4.69) is 5.73 Å². The quantitative estimate of drug-likeness (QED) is 0.669. The van der Waals surface area contributed by atoms with E-state index in [0.29, 0.717) is 6.42 Å². The number of carbonyl (C=O) groups excluding carboxylic acids is 1. The van der Waals surface area contributed by atoms with Gasteiger partial charge in [0, 0.05) is 30.6 Å². The first-order valence-corrected chi connectivity index (χ1v) is 5.38. The summed E-state index contributed by atoms with van der Waals surface area (Å²) in [6.07, 6.45) is 2.42. The monoisotopic (exact) mass is 234 g/mol. The van der Waals surface area contributed by atoms with E-state index in [1.165, 1.54) is 0 Å². The molecule has 2 aromatic rings. The number of fused-ring (bicyclic) bond motifs is 1. The highest BCUT2D eigenvalue weighted by Gasteiger charge is 2.17. The van der Waals surface area contributed by atoms with Crippen LogP contribution in [0.5, 0.6) is 5.75 Å². The molecule has 0 unspecified atom stereocenters. The van der Waals surface area contributed by atoms with Crippen LogP contribution in [-0.2, 0) is 18.3 Å². The lowest BCUT2D eigenvalue weighted by Gasteiger charge is -2.03. The first kappa shape index (κ1) is 11.5. The van der Waals surface area contributed by atoms with Gasteiger partial charge in [0.25, 0.3) is 5.91 Å². The fourth-order valence-electron chi connectivity index (χ4n) is 1.99. The van der Waals surface area contributed by atoms with Gasteiger partial charge in [-0.2, -0.15) is 0 Å². The van der Waals surface area contributed by atoms with E-state index in [1.807, 2.05) is 23.9 Å². The molecule has 0 aliphatic carbocycles. The number of primary amides is 1. The standard InChI is InChI=1S/C12H15N3O2/c1-15-6-7(4-10(13)12(14)17)9-5-8(16)2-3-11(9)15/h2-3,5-6,10,16H,4,13H2,1H3,(H2,14,17)/p+1/t10-/m0/s1. The smallest absolute Gasteiger partial charge is 0.275 e. The Morgan fingerprint density at radius 1 is 1.59 bits per heavy atom. The summed E-state index contributed by atoms with van der Waals surface area (Å²) in [6.45, 7) is 0. The summed E-state index contributed by atoms with van der Waals surface area (Å²) in [4.78, 5) is 11.0. The van der Waals surface area contributed by atoms with Crippen molar-refractivity contribution in [2.24, 2.45) is 12.8 Å². The minimum absolute atomic E-state index is 0.213. The molecular formula is C12H16N3O2+. The second-order valence-electron chi connectivity index (χ2n) is 4.27. The van der Waals surface area contributed by atoms with Crippen LogP contribution < -0.4 is 11.5 Å². The second kappa shape index (κ2) is 4.10. The topological polar surface area (TPSA) is 95.9 Å². The Labute approximate surface area is 98.6 Å². The number of quaternary nitrogens is 1. The van der Waals surface area contributed by atoms with Crippen molar-refractivity contribution >= 4 is 16.8 Å². The van der Waals surface area contributed by atoms with Crippen LogP contribution in [0.1, 0.15) is 5.56 Å². The molecule has 2 rings (SSSR count). The Morgan fingerprint density at radius 2 is 2.29 bits per heavy atom. The van der Waals surface area contributed by atoms with Gasteiger partial charge in [0.2, 0.25) is 0 Å². The lowest BCUT2D eigenvalue weighted by Crippen LogP contribution is -2.67. The van der Waals surface area contributed by atoms with E-state index < -0.39 is 11.9 Å². The van der Waals surface area contributed by atoms with Crippen LogP contribution in [0.4, 0.5) is 0 Å². The zero-order chi connectivity index (χ0) is 12.6. The maximum Gasteiger partial charge on any atom is 0.275 e. The number of aryl methyl sites for hydroxylation is 1. The maximum atomic E-state index is 11.0. The molecule has 5 heteroatoms. The van der Waals surface area contributed by atoms with Crippen LogP contribution in [0, 0.1) is 0 Å². The Hall–Kier alpha value is -2.01. The van der Waals surface area contributed by atoms with Crippen molar-refractivity contribution in [3.05, 3.63) is 30.0 Å². The lowest BCUT2D eigenvalue weighted by molar-refractivity contribution is -0.402. The number of rotatable bonds is 3. The average molecular weight is 234 g/mol. The number of aromatic nitrogens is 1. The maximum absolute atomic E-state index is 11.0. The van der Waals surface area contributed by atoms with Crippen LogP contribution >= 0.6 is 0 Å². The third-order valence-electron chi connectivity index (χ3n) is 2.92. The largest absolute Gasteiger partial charge is 0.508 e. The van der Waals surface area contributed by atoms with Crippen molar-refractivity contribution in [3.8, 4) is 5.75 Å². The average Bonchev–Trinajstić information content (AvgIpc) is 2.55. The van der Waals surface area contributed by atoms with Crippen LogP contribution in [0.15, 0.2) is 24.4 Å². The van der Waals surface area contributed by atoms with Gasteiger partial charge >= 0.3 is 0 Å². The van der Waals surface area contributed by atoms with Gasteiger partial charge in [0.15, 0.2) is 6.04 Å². The number of phenols is 1. The number of hydrogen-bond acceptors (Lipinski definition) is 2. The van der Waals surface area contributed by atoms with Gasteiger partial charge in [-0.15, -0.1) is 0 Å². The third kappa shape index (κ3) is 2.09. The van der Waals surface area contributed by atoms with Crippen molar-refractivity contribution in [1.82, 2.24) is 4.57 Å². The highest BCUT2D eigenvalue weighted by Crippen LogP contribution is 2.25. The van der Waals surface area contributed by atoms with Gasteiger partial charge in [-0.3, -0.25) is 4.79 Å². The number of aromatic hydroxyl groups is 1. The Kier molecular flexibility index (Phi) is 2.77. The highest BCUT2D eigenvalue weighted by molar-refractivity contribution is 5.86. The number of hydrogen-bond donors (Lipinski definition) is 3. The van der Waals surface area contributed by atoms with Crippen LogP contribution in [0.25, 0.3) is 10.9 Å². The zero-order valence-corrected chi connectivity index (χ0v) is 9.68. The fourth-order valence-corrected chi connectivity index (χ4v) is 1.99. The van der Waals surface area contributed by atoms with E-state index in [4.69, 9.17) is 5.73 Å².